The number of hydrogen-bond donors (Lipinski definition) is 0. The van der Waals surface area contributed by atoms with Crippen molar-refractivity contribution in [2.24, 2.45) is 0 Å². The summed E-state index contributed by atoms with van der Waals surface area (Å²) in [5.74, 6) is 0.908. The average molecular weight is 342 g/mol. The summed E-state index contributed by atoms with van der Waals surface area (Å²) in [7, 11) is 0. The van der Waals surface area contributed by atoms with Gasteiger partial charge in [-0.25, -0.2) is 0 Å². The van der Waals surface area contributed by atoms with Crippen LogP contribution in [0.2, 0.25) is 0 Å². The Morgan fingerprint density at radius 2 is 1.88 bits per heavy atom. The molecule has 0 bridgehead atoms. The van der Waals surface area contributed by atoms with Crippen LogP contribution < -0.4 is 10.2 Å². The minimum atomic E-state index is -0.208. The van der Waals surface area contributed by atoms with Gasteiger partial charge in [-0.05, 0) is 63.1 Å². The van der Waals surface area contributed by atoms with E-state index >= 15 is 0 Å². The second kappa shape index (κ2) is 7.15. The zero-order valence-corrected chi connectivity index (χ0v) is 14.9. The van der Waals surface area contributed by atoms with Gasteiger partial charge in [0.1, 0.15) is 12.2 Å². The summed E-state index contributed by atoms with van der Waals surface area (Å²) in [5, 5.41) is 0.498. The Morgan fingerprint density at radius 1 is 1.12 bits per heavy atom. The van der Waals surface area contributed by atoms with E-state index in [2.05, 4.69) is 0 Å². The topological polar surface area (TPSA) is 61.8 Å². The summed E-state index contributed by atoms with van der Waals surface area (Å²) in [6.45, 7) is 8.49. The fourth-order valence-corrected chi connectivity index (χ4v) is 2.56. The highest BCUT2D eigenvalue weighted by Crippen LogP contribution is 2.32. The van der Waals surface area contributed by atoms with Crippen LogP contribution in [-0.4, -0.2) is 19.3 Å². The summed E-state index contributed by atoms with van der Waals surface area (Å²) < 4.78 is 22.6. The third-order valence-electron chi connectivity index (χ3n) is 3.99. The molecule has 0 spiro atoms. The van der Waals surface area contributed by atoms with E-state index in [-0.39, 0.29) is 23.9 Å². The van der Waals surface area contributed by atoms with Crippen LogP contribution in [0.15, 0.2) is 44.2 Å². The van der Waals surface area contributed by atoms with Gasteiger partial charge in [-0.1, -0.05) is 0 Å². The molecule has 0 aliphatic rings. The predicted molar refractivity (Wildman–Crippen MR) is 96.2 cm³/mol. The Balaban J connectivity index is 2.08. The lowest BCUT2D eigenvalue weighted by Gasteiger charge is -2.12. The van der Waals surface area contributed by atoms with Gasteiger partial charge in [0.25, 0.3) is 0 Å². The number of benzene rings is 1. The van der Waals surface area contributed by atoms with Gasteiger partial charge >= 0.3 is 0 Å². The molecule has 132 valence electrons. The highest BCUT2D eigenvalue weighted by atomic mass is 16.5. The van der Waals surface area contributed by atoms with Gasteiger partial charge in [0, 0.05) is 0 Å². The lowest BCUT2D eigenvalue weighted by atomic mass is 10.1. The molecule has 0 N–H and O–H groups in total. The SMILES string of the molecule is Cc1cc2oc(-c3ccco3)c(OCCOC(C)C)c(=O)c2cc1C. The number of rotatable bonds is 6. The molecule has 0 unspecified atom stereocenters. The molecule has 0 aliphatic heterocycles. The Labute approximate surface area is 146 Å². The maximum atomic E-state index is 13.0. The van der Waals surface area contributed by atoms with E-state index in [0.29, 0.717) is 29.1 Å². The molecule has 0 aliphatic carbocycles. The van der Waals surface area contributed by atoms with E-state index in [1.165, 1.54) is 6.26 Å². The van der Waals surface area contributed by atoms with Crippen LogP contribution in [0, 0.1) is 13.8 Å². The summed E-state index contributed by atoms with van der Waals surface area (Å²) in [4.78, 5) is 13.0. The fourth-order valence-electron chi connectivity index (χ4n) is 2.56. The molecular weight excluding hydrogens is 320 g/mol. The monoisotopic (exact) mass is 342 g/mol. The molecule has 1 aromatic carbocycles. The molecule has 0 amide bonds. The Bertz CT molecular complexity index is 919. The van der Waals surface area contributed by atoms with Crippen molar-refractivity contribution in [3.63, 3.8) is 0 Å². The van der Waals surface area contributed by atoms with Crippen LogP contribution in [0.25, 0.3) is 22.5 Å². The first-order valence-electron chi connectivity index (χ1n) is 8.33. The van der Waals surface area contributed by atoms with E-state index in [9.17, 15) is 4.79 Å². The van der Waals surface area contributed by atoms with Gasteiger partial charge in [-0.2, -0.15) is 0 Å². The zero-order valence-electron chi connectivity index (χ0n) is 14.9. The second-order valence-electron chi connectivity index (χ2n) is 6.27. The molecule has 25 heavy (non-hydrogen) atoms. The summed E-state index contributed by atoms with van der Waals surface area (Å²) >= 11 is 0. The first-order valence-corrected chi connectivity index (χ1v) is 8.33. The lowest BCUT2D eigenvalue weighted by Crippen LogP contribution is -2.16. The zero-order chi connectivity index (χ0) is 18.0. The molecule has 3 aromatic rings. The summed E-state index contributed by atoms with van der Waals surface area (Å²) in [5.41, 5.74) is 2.39. The van der Waals surface area contributed by atoms with Crippen molar-refractivity contribution < 1.29 is 18.3 Å². The van der Waals surface area contributed by atoms with Gasteiger partial charge in [-0.15, -0.1) is 0 Å². The van der Waals surface area contributed by atoms with Gasteiger partial charge in [0.15, 0.2) is 5.76 Å². The van der Waals surface area contributed by atoms with Crippen LogP contribution >= 0.6 is 0 Å². The minimum Gasteiger partial charge on any atom is -0.484 e. The van der Waals surface area contributed by atoms with E-state index in [1.54, 1.807) is 12.1 Å². The first kappa shape index (κ1) is 17.3. The van der Waals surface area contributed by atoms with Crippen molar-refractivity contribution in [1.29, 1.82) is 0 Å². The largest absolute Gasteiger partial charge is 0.484 e. The van der Waals surface area contributed by atoms with E-state index in [0.717, 1.165) is 11.1 Å². The maximum absolute atomic E-state index is 13.0. The summed E-state index contributed by atoms with van der Waals surface area (Å²) in [6, 6.07) is 7.18. The number of aryl methyl sites for hydroxylation is 2. The van der Waals surface area contributed by atoms with Crippen LogP contribution in [-0.2, 0) is 4.74 Å². The van der Waals surface area contributed by atoms with Crippen molar-refractivity contribution in [1.82, 2.24) is 0 Å². The second-order valence-corrected chi connectivity index (χ2v) is 6.27. The van der Waals surface area contributed by atoms with Gasteiger partial charge in [0.2, 0.25) is 16.9 Å². The molecule has 0 saturated heterocycles. The molecule has 2 heterocycles. The van der Waals surface area contributed by atoms with E-state index in [1.807, 2.05) is 39.8 Å². The van der Waals surface area contributed by atoms with Gasteiger partial charge in [-0.3, -0.25) is 4.79 Å². The number of furan rings is 1. The van der Waals surface area contributed by atoms with Crippen molar-refractivity contribution >= 4 is 11.0 Å². The van der Waals surface area contributed by atoms with Gasteiger partial charge < -0.3 is 18.3 Å². The minimum absolute atomic E-state index is 0.104. The van der Waals surface area contributed by atoms with Crippen molar-refractivity contribution in [3.8, 4) is 17.3 Å². The van der Waals surface area contributed by atoms with Gasteiger partial charge in [0.05, 0.1) is 24.4 Å². The molecule has 0 atom stereocenters. The van der Waals surface area contributed by atoms with Crippen LogP contribution in [0.4, 0.5) is 0 Å². The number of hydrogen-bond acceptors (Lipinski definition) is 5. The van der Waals surface area contributed by atoms with Crippen LogP contribution in [0.3, 0.4) is 0 Å². The standard InChI is InChI=1S/C20H22O5/c1-12(2)22-8-9-24-20-18(21)15-10-13(3)14(4)11-17(15)25-19(20)16-6-5-7-23-16/h5-7,10-12H,8-9H2,1-4H3. The smallest absolute Gasteiger partial charge is 0.235 e. The highest BCUT2D eigenvalue weighted by molar-refractivity contribution is 5.82. The third-order valence-corrected chi connectivity index (χ3v) is 3.99. The quantitative estimate of drug-likeness (QED) is 0.618. The van der Waals surface area contributed by atoms with Crippen molar-refractivity contribution in [3.05, 3.63) is 51.9 Å². The van der Waals surface area contributed by atoms with Crippen LogP contribution in [0.5, 0.6) is 5.75 Å². The van der Waals surface area contributed by atoms with Crippen LogP contribution in [0.1, 0.15) is 25.0 Å². The predicted octanol–water partition coefficient (Wildman–Crippen LogP) is 4.47. The number of fused-ring (bicyclic) bond motifs is 1. The molecule has 0 fully saturated rings. The summed E-state index contributed by atoms with van der Waals surface area (Å²) in [6.07, 6.45) is 1.64. The maximum Gasteiger partial charge on any atom is 0.235 e. The lowest BCUT2D eigenvalue weighted by molar-refractivity contribution is 0.0548. The molecule has 5 nitrogen and oxygen atoms in total. The highest BCUT2D eigenvalue weighted by Gasteiger charge is 2.20. The fraction of sp³-hybridized carbons (Fsp3) is 0.350. The van der Waals surface area contributed by atoms with Crippen molar-refractivity contribution in [2.45, 2.75) is 33.8 Å². The molecular formula is C20H22O5. The molecule has 5 heteroatoms. The molecule has 0 saturated carbocycles. The Morgan fingerprint density at radius 3 is 2.56 bits per heavy atom. The van der Waals surface area contributed by atoms with E-state index in [4.69, 9.17) is 18.3 Å². The van der Waals surface area contributed by atoms with Crippen molar-refractivity contribution in [2.75, 3.05) is 13.2 Å². The third kappa shape index (κ3) is 3.61. The average Bonchev–Trinajstić information content (AvgIpc) is 3.09. The molecule has 0 radical (unpaired) electrons. The Hall–Kier alpha value is -2.53. The van der Waals surface area contributed by atoms with E-state index < -0.39 is 0 Å². The molecule has 2 aromatic heterocycles. The first-order chi connectivity index (χ1) is 12.0. The Kier molecular flexibility index (Phi) is 4.95. The molecule has 3 rings (SSSR count). The normalized spacial score (nSPS) is 11.4. The number of ether oxygens (including phenoxy) is 2.